The fourth-order valence-electron chi connectivity index (χ4n) is 3.41. The van der Waals surface area contributed by atoms with Crippen molar-refractivity contribution in [3.8, 4) is 0 Å². The lowest BCUT2D eigenvalue weighted by Crippen LogP contribution is -2.33. The molecule has 1 unspecified atom stereocenters. The third-order valence-electron chi connectivity index (χ3n) is 4.58. The van der Waals surface area contributed by atoms with E-state index in [4.69, 9.17) is 4.74 Å². The van der Waals surface area contributed by atoms with Crippen LogP contribution < -0.4 is 0 Å². The molecule has 0 bridgehead atoms. The first-order valence-electron chi connectivity index (χ1n) is 8.78. The van der Waals surface area contributed by atoms with E-state index in [-0.39, 0.29) is 9.52 Å². The lowest BCUT2D eigenvalue weighted by Gasteiger charge is -2.31. The molecule has 21 heavy (non-hydrogen) atoms. The quantitative estimate of drug-likeness (QED) is 0.676. The standard InChI is InChI=1S/C19H32OSi/c1-4-5-8-16-10-12-17(13-11-16)15-19(2,3)21-18-9-6-7-14-20-18/h10-13,18H,4-9,14-15,21H2,1-3H3. The van der Waals surface area contributed by atoms with Crippen LogP contribution in [0.1, 0.15) is 64.0 Å². The van der Waals surface area contributed by atoms with Crippen LogP contribution in [0.25, 0.3) is 0 Å². The average Bonchev–Trinajstić information content (AvgIpc) is 2.47. The molecule has 0 spiro atoms. The Labute approximate surface area is 133 Å². The van der Waals surface area contributed by atoms with Gasteiger partial charge >= 0.3 is 0 Å². The zero-order valence-corrected chi connectivity index (χ0v) is 15.6. The summed E-state index contributed by atoms with van der Waals surface area (Å²) in [7, 11) is -0.196. The van der Waals surface area contributed by atoms with Crippen molar-refractivity contribution in [1.82, 2.24) is 0 Å². The number of ether oxygens (including phenoxy) is 1. The Morgan fingerprint density at radius 1 is 1.14 bits per heavy atom. The van der Waals surface area contributed by atoms with Gasteiger partial charge in [-0.15, -0.1) is 0 Å². The maximum atomic E-state index is 5.98. The van der Waals surface area contributed by atoms with Gasteiger partial charge in [0.05, 0.1) is 9.52 Å². The van der Waals surface area contributed by atoms with Crippen molar-refractivity contribution >= 4 is 9.52 Å². The van der Waals surface area contributed by atoms with Gasteiger partial charge in [-0.3, -0.25) is 0 Å². The number of rotatable bonds is 7. The highest BCUT2D eigenvalue weighted by molar-refractivity contribution is 6.41. The molecule has 2 rings (SSSR count). The van der Waals surface area contributed by atoms with Gasteiger partial charge in [0.25, 0.3) is 0 Å². The number of aryl methyl sites for hydroxylation is 1. The summed E-state index contributed by atoms with van der Waals surface area (Å²) in [5.41, 5.74) is 3.62. The molecule has 1 aliphatic rings. The van der Waals surface area contributed by atoms with Crippen LogP contribution in [0.5, 0.6) is 0 Å². The van der Waals surface area contributed by atoms with Crippen molar-refractivity contribution in [1.29, 1.82) is 0 Å². The SMILES string of the molecule is CCCCc1ccc(CC(C)(C)[SiH2]C2CCCCO2)cc1. The van der Waals surface area contributed by atoms with Crippen molar-refractivity contribution in [2.24, 2.45) is 0 Å². The molecule has 0 N–H and O–H groups in total. The van der Waals surface area contributed by atoms with Crippen LogP contribution >= 0.6 is 0 Å². The predicted molar refractivity (Wildman–Crippen MR) is 94.9 cm³/mol. The molecule has 0 saturated carbocycles. The summed E-state index contributed by atoms with van der Waals surface area (Å²) in [4.78, 5) is 0. The summed E-state index contributed by atoms with van der Waals surface area (Å²) < 4.78 is 5.98. The topological polar surface area (TPSA) is 9.23 Å². The largest absolute Gasteiger partial charge is 0.382 e. The van der Waals surface area contributed by atoms with Crippen LogP contribution in [0, 0.1) is 0 Å². The Bertz CT molecular complexity index is 404. The number of hydrogen-bond acceptors (Lipinski definition) is 1. The highest BCUT2D eigenvalue weighted by Gasteiger charge is 2.26. The first-order valence-corrected chi connectivity index (χ1v) is 10.3. The van der Waals surface area contributed by atoms with Crippen LogP contribution in [-0.4, -0.2) is 21.9 Å². The summed E-state index contributed by atoms with van der Waals surface area (Å²) in [6, 6.07) is 9.37. The number of unbranched alkanes of at least 4 members (excludes halogenated alkanes) is 1. The minimum Gasteiger partial charge on any atom is -0.382 e. The van der Waals surface area contributed by atoms with E-state index in [9.17, 15) is 0 Å². The van der Waals surface area contributed by atoms with E-state index in [0.717, 1.165) is 6.61 Å². The molecule has 0 aromatic heterocycles. The van der Waals surface area contributed by atoms with Gasteiger partial charge in [-0.2, -0.15) is 0 Å². The lowest BCUT2D eigenvalue weighted by molar-refractivity contribution is 0.0633. The second kappa shape index (κ2) is 8.14. The first-order chi connectivity index (χ1) is 10.1. The van der Waals surface area contributed by atoms with E-state index >= 15 is 0 Å². The molecule has 0 radical (unpaired) electrons. The highest BCUT2D eigenvalue weighted by Crippen LogP contribution is 2.31. The molecule has 1 saturated heterocycles. The van der Waals surface area contributed by atoms with Gasteiger partial charge < -0.3 is 4.74 Å². The van der Waals surface area contributed by atoms with Crippen molar-refractivity contribution < 1.29 is 4.74 Å². The maximum absolute atomic E-state index is 5.98. The van der Waals surface area contributed by atoms with Gasteiger partial charge in [0, 0.05) is 12.3 Å². The van der Waals surface area contributed by atoms with Gasteiger partial charge in [-0.05, 0) is 54.7 Å². The van der Waals surface area contributed by atoms with Crippen LogP contribution in [0.4, 0.5) is 0 Å². The Balaban J connectivity index is 1.86. The molecule has 1 nitrogen and oxygen atoms in total. The minimum atomic E-state index is -0.196. The fourth-order valence-corrected chi connectivity index (χ4v) is 5.86. The van der Waals surface area contributed by atoms with Crippen molar-refractivity contribution in [3.05, 3.63) is 35.4 Å². The maximum Gasteiger partial charge on any atom is 0.0619 e. The van der Waals surface area contributed by atoms with E-state index < -0.39 is 0 Å². The van der Waals surface area contributed by atoms with Gasteiger partial charge in [-0.1, -0.05) is 51.5 Å². The second-order valence-corrected chi connectivity index (χ2v) is 10.7. The number of hydrogen-bond donors (Lipinski definition) is 0. The van der Waals surface area contributed by atoms with Gasteiger partial charge in [0.1, 0.15) is 0 Å². The number of benzene rings is 1. The van der Waals surface area contributed by atoms with E-state index in [1.807, 2.05) is 0 Å². The molecular formula is C19H32OSi. The summed E-state index contributed by atoms with van der Waals surface area (Å²) in [5, 5.41) is 0.465. The Kier molecular flexibility index (Phi) is 6.50. The summed E-state index contributed by atoms with van der Waals surface area (Å²) in [5.74, 6) is 0. The predicted octanol–water partition coefficient (Wildman–Crippen LogP) is 4.47. The average molecular weight is 305 g/mol. The smallest absolute Gasteiger partial charge is 0.0619 e. The molecule has 118 valence electrons. The first kappa shape index (κ1) is 16.8. The fraction of sp³-hybridized carbons (Fsp3) is 0.684. The molecule has 1 aromatic rings. The molecule has 0 aliphatic carbocycles. The van der Waals surface area contributed by atoms with E-state index in [1.54, 1.807) is 0 Å². The third kappa shape index (κ3) is 5.96. The Morgan fingerprint density at radius 2 is 1.86 bits per heavy atom. The molecular weight excluding hydrogens is 272 g/mol. The molecule has 0 amide bonds. The highest BCUT2D eigenvalue weighted by atomic mass is 28.2. The molecule has 1 aliphatic heterocycles. The molecule has 2 heteroatoms. The van der Waals surface area contributed by atoms with Crippen molar-refractivity contribution in [2.45, 2.75) is 76.5 Å². The van der Waals surface area contributed by atoms with Crippen molar-refractivity contribution in [3.63, 3.8) is 0 Å². The van der Waals surface area contributed by atoms with E-state index in [0.29, 0.717) is 10.8 Å². The van der Waals surface area contributed by atoms with Gasteiger partial charge in [-0.25, -0.2) is 0 Å². The Hall–Kier alpha value is -0.603. The monoisotopic (exact) mass is 304 g/mol. The van der Waals surface area contributed by atoms with Gasteiger partial charge in [0.15, 0.2) is 0 Å². The molecule has 1 fully saturated rings. The van der Waals surface area contributed by atoms with Crippen LogP contribution in [-0.2, 0) is 17.6 Å². The molecule has 1 heterocycles. The summed E-state index contributed by atoms with van der Waals surface area (Å²) in [6.07, 6.45) is 8.98. The summed E-state index contributed by atoms with van der Waals surface area (Å²) in [6.45, 7) is 8.15. The normalized spacial score (nSPS) is 20.2. The third-order valence-corrected chi connectivity index (χ3v) is 7.03. The van der Waals surface area contributed by atoms with Crippen molar-refractivity contribution in [2.75, 3.05) is 6.61 Å². The lowest BCUT2D eigenvalue weighted by atomic mass is 9.99. The summed E-state index contributed by atoms with van der Waals surface area (Å²) >= 11 is 0. The van der Waals surface area contributed by atoms with Crippen LogP contribution in [0.2, 0.25) is 5.04 Å². The minimum absolute atomic E-state index is 0.196. The Morgan fingerprint density at radius 3 is 2.48 bits per heavy atom. The molecule has 1 atom stereocenters. The zero-order valence-electron chi connectivity index (χ0n) is 14.2. The van der Waals surface area contributed by atoms with E-state index in [1.165, 1.54) is 56.1 Å². The molecule has 1 aromatic carbocycles. The second-order valence-electron chi connectivity index (χ2n) is 7.45. The van der Waals surface area contributed by atoms with E-state index in [2.05, 4.69) is 45.0 Å². The van der Waals surface area contributed by atoms with Crippen LogP contribution in [0.3, 0.4) is 0 Å². The van der Waals surface area contributed by atoms with Gasteiger partial charge in [0.2, 0.25) is 0 Å². The van der Waals surface area contributed by atoms with Crippen LogP contribution in [0.15, 0.2) is 24.3 Å². The zero-order chi connectivity index (χ0) is 15.1.